The van der Waals surface area contributed by atoms with E-state index in [-0.39, 0.29) is 0 Å². The number of aromatic nitrogens is 15. The molecule has 22 rings (SSSR count). The topological polar surface area (TPSA) is 201 Å². The van der Waals surface area contributed by atoms with Gasteiger partial charge in [0, 0.05) is 99.4 Å². The maximum absolute atomic E-state index is 12.9. The Hall–Kier alpha value is -17.4. The van der Waals surface area contributed by atoms with Crippen molar-refractivity contribution in [1.29, 1.82) is 5.26 Å². The van der Waals surface area contributed by atoms with Crippen LogP contribution in [0.15, 0.2) is 400 Å². The molecular formula is C108H66N16. The zero-order valence-electron chi connectivity index (χ0n) is 66.3. The molecular weight excluding hydrogens is 1520 g/mol. The Labute approximate surface area is 712 Å². The number of hydrogen-bond acceptors (Lipinski definition) is 14. The molecule has 0 amide bonds. The lowest BCUT2D eigenvalue weighted by molar-refractivity contribution is 1.07. The number of benzene rings is 15. The summed E-state index contributed by atoms with van der Waals surface area (Å²) >= 11 is 0. The van der Waals surface area contributed by atoms with Gasteiger partial charge in [-0.3, -0.25) is 0 Å². The van der Waals surface area contributed by atoms with E-state index in [0.29, 0.717) is 86.8 Å². The van der Waals surface area contributed by atoms with Gasteiger partial charge in [-0.05, 0) is 108 Å². The summed E-state index contributed by atoms with van der Waals surface area (Å²) in [5.41, 5.74) is 19.4. The van der Waals surface area contributed by atoms with E-state index >= 15 is 0 Å². The molecule has 0 bridgehead atoms. The van der Waals surface area contributed by atoms with Crippen LogP contribution in [0, 0.1) is 11.3 Å². The first-order valence-electron chi connectivity index (χ1n) is 40.7. The van der Waals surface area contributed by atoms with E-state index in [1.54, 1.807) is 0 Å². The maximum Gasteiger partial charge on any atom is 0.164 e. The Bertz CT molecular complexity index is 6820. The first-order valence-corrected chi connectivity index (χ1v) is 40.7. The zero-order valence-corrected chi connectivity index (χ0v) is 66.3. The molecule has 16 nitrogen and oxygen atoms in total. The van der Waals surface area contributed by atoms with Gasteiger partial charge in [-0.2, -0.15) is 5.26 Å². The van der Waals surface area contributed by atoms with E-state index in [9.17, 15) is 5.26 Å². The van der Waals surface area contributed by atoms with Crippen LogP contribution in [0.5, 0.6) is 0 Å². The predicted molar refractivity (Wildman–Crippen MR) is 493 cm³/mol. The van der Waals surface area contributed by atoms with Crippen molar-refractivity contribution in [2.24, 2.45) is 0 Å². The van der Waals surface area contributed by atoms with Crippen molar-refractivity contribution in [2.45, 2.75) is 0 Å². The third-order valence-corrected chi connectivity index (χ3v) is 22.3. The van der Waals surface area contributed by atoms with Gasteiger partial charge >= 0.3 is 0 Å². The van der Waals surface area contributed by atoms with Gasteiger partial charge in [-0.25, -0.2) is 64.8 Å². The van der Waals surface area contributed by atoms with Crippen LogP contribution in [0.2, 0.25) is 0 Å². The lowest BCUT2D eigenvalue weighted by Crippen LogP contribution is -2.06. The van der Waals surface area contributed by atoms with Gasteiger partial charge in [0.2, 0.25) is 0 Å². The highest BCUT2D eigenvalue weighted by atomic mass is 15.1. The Balaban J connectivity index is 0.836. The fourth-order valence-electron chi connectivity index (χ4n) is 16.3. The summed E-state index contributed by atoms with van der Waals surface area (Å²) in [5, 5.41) is 16.2. The molecule has 7 aromatic heterocycles. The van der Waals surface area contributed by atoms with Crippen LogP contribution >= 0.6 is 0 Å². The number of rotatable bonds is 17. The molecule has 0 aliphatic heterocycles. The second-order valence-electron chi connectivity index (χ2n) is 30.1. The predicted octanol–water partition coefficient (Wildman–Crippen LogP) is 24.9. The van der Waals surface area contributed by atoms with Gasteiger partial charge in [0.1, 0.15) is 11.6 Å². The molecule has 0 atom stereocenters. The van der Waals surface area contributed by atoms with Gasteiger partial charge in [0.15, 0.2) is 69.9 Å². The monoisotopic (exact) mass is 1590 g/mol. The minimum atomic E-state index is 0.369. The van der Waals surface area contributed by atoms with E-state index in [1.165, 1.54) is 0 Å². The van der Waals surface area contributed by atoms with Crippen LogP contribution in [0.25, 0.3) is 225 Å². The quantitative estimate of drug-likeness (QED) is 0.0833. The molecule has 0 saturated carbocycles. The summed E-state index contributed by atoms with van der Waals surface area (Å²) in [7, 11) is 0. The van der Waals surface area contributed by atoms with Crippen LogP contribution in [0.1, 0.15) is 5.56 Å². The molecule has 0 aliphatic carbocycles. The number of hydrogen-bond donors (Lipinski definition) is 0. The zero-order chi connectivity index (χ0) is 82.4. The van der Waals surface area contributed by atoms with Crippen molar-refractivity contribution in [1.82, 2.24) is 73.9 Å². The number of nitrogens with zero attached hydrogens (tertiary/aromatic N) is 16. The highest BCUT2D eigenvalue weighted by Gasteiger charge is 2.28. The Morgan fingerprint density at radius 2 is 0.339 bits per heavy atom. The summed E-state index contributed by atoms with van der Waals surface area (Å²) in [6.45, 7) is 0. The normalized spacial score (nSPS) is 11.4. The molecule has 7 heterocycles. The average Bonchev–Trinajstić information content (AvgIpc) is 1.56. The molecule has 16 heteroatoms. The maximum atomic E-state index is 12.9. The van der Waals surface area contributed by atoms with E-state index < -0.39 is 0 Å². The first kappa shape index (κ1) is 73.0. The molecule has 124 heavy (non-hydrogen) atoms. The number of fused-ring (bicyclic) bond motifs is 6. The molecule has 0 saturated heterocycles. The van der Waals surface area contributed by atoms with Gasteiger partial charge in [0.25, 0.3) is 0 Å². The molecule has 0 aliphatic rings. The average molecular weight is 1590 g/mol. The van der Waals surface area contributed by atoms with Crippen molar-refractivity contribution in [3.8, 4) is 188 Å². The van der Waals surface area contributed by atoms with Gasteiger partial charge in [-0.1, -0.05) is 303 Å². The molecule has 0 radical (unpaired) electrons. The van der Waals surface area contributed by atoms with Crippen LogP contribution in [-0.4, -0.2) is 73.9 Å². The Kier molecular flexibility index (Phi) is 18.5. The van der Waals surface area contributed by atoms with Crippen molar-refractivity contribution >= 4 is 43.6 Å². The SMILES string of the molecule is N#Cc1c(-n2c3ccc(-c4nc(-c5ccccc5)nc(-c5ccccc5)n4)cc3c3cc(-c4nc(-c5ccccc5)nc(-c5ccccc5)n4)ccc32)cc(-c2cc(-c3ccccc3)nc(-c3ccccc3)c2)cc1-n1c2ccc(-c3nc(-c4ccccc4)nc(-c4ccccc4)n3)cc2c2cc(-c3nc(-c4ccccc4)nc(-c4ccccc4)n3)ccc21. The second-order valence-corrected chi connectivity index (χ2v) is 30.1. The largest absolute Gasteiger partial charge is 0.308 e. The van der Waals surface area contributed by atoms with Crippen molar-refractivity contribution in [3.05, 3.63) is 406 Å². The molecule has 578 valence electrons. The standard InChI is InChI=1S/C108H66N16/c109-67-88-95(123-91-55-51-78(105-115-97(70-35-15-3-16-36-70)111-98(116-105)71-37-17-4-18-38-71)59-84(91)85-60-79(52-56-92(85)123)106-117-99(72-39-19-5-20-40-72)112-100(118-106)73-41-21-6-22-42-73)65-83(82-63-89(68-31-11-1-12-32-68)110-90(64-82)69-33-13-2-14-34-69)66-96(88)124-93-57-53-80(107-119-101(74-43-23-7-24-44-74)113-102(120-107)75-45-25-8-26-46-75)61-86(93)87-62-81(54-58-94(87)124)108-121-103(76-47-27-9-28-48-76)114-104(122-108)77-49-29-10-30-50-77/h1-66H. The van der Waals surface area contributed by atoms with E-state index in [1.807, 2.05) is 279 Å². The minimum Gasteiger partial charge on any atom is -0.308 e. The third-order valence-electron chi connectivity index (χ3n) is 22.3. The van der Waals surface area contributed by atoms with Crippen molar-refractivity contribution in [2.75, 3.05) is 0 Å². The Morgan fingerprint density at radius 1 is 0.161 bits per heavy atom. The molecule has 0 unspecified atom stereocenters. The van der Waals surface area contributed by atoms with E-state index in [0.717, 1.165) is 144 Å². The summed E-state index contributed by atoms with van der Waals surface area (Å²) in [4.78, 5) is 68.3. The first-order chi connectivity index (χ1) is 61.4. The molecule has 0 spiro atoms. The van der Waals surface area contributed by atoms with Crippen LogP contribution in [0.3, 0.4) is 0 Å². The van der Waals surface area contributed by atoms with Crippen molar-refractivity contribution in [3.63, 3.8) is 0 Å². The molecule has 0 N–H and O–H groups in total. The highest BCUT2D eigenvalue weighted by molar-refractivity contribution is 6.14. The summed E-state index contributed by atoms with van der Waals surface area (Å²) in [6, 6.07) is 137. The van der Waals surface area contributed by atoms with Gasteiger partial charge in [-0.15, -0.1) is 0 Å². The van der Waals surface area contributed by atoms with E-state index in [2.05, 4.69) is 137 Å². The van der Waals surface area contributed by atoms with Gasteiger partial charge < -0.3 is 9.13 Å². The number of pyridine rings is 1. The van der Waals surface area contributed by atoms with Crippen LogP contribution in [0.4, 0.5) is 0 Å². The van der Waals surface area contributed by atoms with Crippen LogP contribution < -0.4 is 0 Å². The van der Waals surface area contributed by atoms with Crippen molar-refractivity contribution < 1.29 is 0 Å². The lowest BCUT2D eigenvalue weighted by Gasteiger charge is -2.19. The molecule has 22 aromatic rings. The highest BCUT2D eigenvalue weighted by Crippen LogP contribution is 2.45. The number of nitriles is 1. The summed E-state index contributed by atoms with van der Waals surface area (Å²) in [6.07, 6.45) is 0. The lowest BCUT2D eigenvalue weighted by atomic mass is 9.97. The fourth-order valence-corrected chi connectivity index (χ4v) is 16.3. The molecule has 0 fully saturated rings. The van der Waals surface area contributed by atoms with Crippen LogP contribution in [-0.2, 0) is 0 Å². The fraction of sp³-hybridized carbons (Fsp3) is 0. The van der Waals surface area contributed by atoms with Gasteiger partial charge in [0.05, 0.1) is 44.8 Å². The van der Waals surface area contributed by atoms with E-state index in [4.69, 9.17) is 64.8 Å². The smallest absolute Gasteiger partial charge is 0.164 e. The second kappa shape index (κ2) is 31.5. The summed E-state index contributed by atoms with van der Waals surface area (Å²) < 4.78 is 4.46. The minimum absolute atomic E-state index is 0.369. The third kappa shape index (κ3) is 13.9. The Morgan fingerprint density at radius 3 is 0.532 bits per heavy atom. The summed E-state index contributed by atoms with van der Waals surface area (Å²) in [5.74, 6) is 6.07. The molecule has 15 aromatic carbocycles.